The van der Waals surface area contributed by atoms with E-state index in [1.54, 1.807) is 0 Å². The molecule has 6 nitrogen and oxygen atoms in total. The summed E-state index contributed by atoms with van der Waals surface area (Å²) >= 11 is 2.49. The van der Waals surface area contributed by atoms with Crippen molar-refractivity contribution in [2.45, 2.75) is 36.7 Å². The van der Waals surface area contributed by atoms with E-state index in [0.717, 1.165) is 40.8 Å². The lowest BCUT2D eigenvalue weighted by Crippen LogP contribution is -2.25. The summed E-state index contributed by atoms with van der Waals surface area (Å²) in [7, 11) is 0. The number of amides is 1. The Morgan fingerprint density at radius 2 is 1.94 bits per heavy atom. The van der Waals surface area contributed by atoms with Crippen LogP contribution in [0, 0.1) is 13.8 Å². The molecule has 11 heteroatoms. The molecule has 0 saturated carbocycles. The van der Waals surface area contributed by atoms with E-state index in [9.17, 15) is 22.8 Å². The molecule has 0 radical (unpaired) electrons. The molecule has 2 heterocycles. The van der Waals surface area contributed by atoms with Gasteiger partial charge >= 0.3 is 6.36 Å². The van der Waals surface area contributed by atoms with E-state index in [-0.39, 0.29) is 17.2 Å². The molecule has 1 aromatic heterocycles. The Bertz CT molecular complexity index is 1290. The molecule has 1 amide bonds. The van der Waals surface area contributed by atoms with Gasteiger partial charge in [0.25, 0.3) is 5.56 Å². The number of thioether (sulfide) groups is 2. The highest BCUT2D eigenvalue weighted by Crippen LogP contribution is 2.31. The van der Waals surface area contributed by atoms with Gasteiger partial charge in [-0.25, -0.2) is 4.98 Å². The number of aryl methyl sites for hydroxylation is 3. The minimum Gasteiger partial charge on any atom is -0.406 e. The smallest absolute Gasteiger partial charge is 0.406 e. The Balaban J connectivity index is 1.60. The number of anilines is 1. The Hall–Kier alpha value is -2.92. The predicted molar refractivity (Wildman–Crippen MR) is 126 cm³/mol. The third-order valence-electron chi connectivity index (χ3n) is 4.99. The average Bonchev–Trinajstić information content (AvgIpc) is 3.24. The van der Waals surface area contributed by atoms with Gasteiger partial charge in [0.1, 0.15) is 5.75 Å². The van der Waals surface area contributed by atoms with Crippen molar-refractivity contribution < 1.29 is 22.7 Å². The molecule has 0 unspecified atom stereocenters. The number of aromatic nitrogens is 2. The Morgan fingerprint density at radius 1 is 1.21 bits per heavy atom. The molecule has 0 atom stereocenters. The van der Waals surface area contributed by atoms with Crippen LogP contribution in [0.1, 0.15) is 16.8 Å². The van der Waals surface area contributed by atoms with Crippen LogP contribution in [-0.4, -0.2) is 33.3 Å². The third kappa shape index (κ3) is 5.58. The maximum atomic E-state index is 13.2. The third-order valence-corrected chi connectivity index (χ3v) is 7.04. The number of ether oxygens (including phenoxy) is 1. The molecular weight excluding hydrogens is 487 g/mol. The van der Waals surface area contributed by atoms with E-state index in [4.69, 9.17) is 0 Å². The van der Waals surface area contributed by atoms with E-state index >= 15 is 0 Å². The SMILES string of the molecule is Cc1ccc(C)c(NC(=O)CSc2nc3c(c(=O)n2-c2ccc(OC(F)(F)F)cc2)SCC3)c1. The number of nitrogens with zero attached hydrogens (tertiary/aromatic N) is 2. The van der Waals surface area contributed by atoms with Crippen LogP contribution >= 0.6 is 23.5 Å². The number of benzene rings is 2. The first-order valence-corrected chi connectivity index (χ1v) is 12.2. The number of nitrogens with one attached hydrogen (secondary N) is 1. The van der Waals surface area contributed by atoms with E-state index in [2.05, 4.69) is 15.0 Å². The first-order valence-electron chi connectivity index (χ1n) is 10.3. The standard InChI is InChI=1S/C23H20F3N3O3S2/c1-13-3-4-14(2)18(11-13)27-19(30)12-34-22-28-17-9-10-33-20(17)21(31)29(22)15-5-7-16(8-6-15)32-23(24,25)26/h3-8,11H,9-10,12H2,1-2H3,(H,27,30). The van der Waals surface area contributed by atoms with Gasteiger partial charge in [-0.2, -0.15) is 0 Å². The second-order valence-corrected chi connectivity index (χ2v) is 9.65. The lowest BCUT2D eigenvalue weighted by atomic mass is 10.1. The molecular formula is C23H20F3N3O3S2. The summed E-state index contributed by atoms with van der Waals surface area (Å²) in [4.78, 5) is 30.9. The molecule has 2 aromatic carbocycles. The number of hydrogen-bond acceptors (Lipinski definition) is 6. The summed E-state index contributed by atoms with van der Waals surface area (Å²) in [6.45, 7) is 3.83. The summed E-state index contributed by atoms with van der Waals surface area (Å²) in [6.07, 6.45) is -4.18. The van der Waals surface area contributed by atoms with Crippen LogP contribution < -0.4 is 15.6 Å². The predicted octanol–water partition coefficient (Wildman–Crippen LogP) is 5.13. The Labute approximate surface area is 201 Å². The molecule has 3 aromatic rings. The van der Waals surface area contributed by atoms with Gasteiger partial charge in [0.2, 0.25) is 5.91 Å². The van der Waals surface area contributed by atoms with Crippen LogP contribution in [0.15, 0.2) is 57.3 Å². The Morgan fingerprint density at radius 3 is 2.65 bits per heavy atom. The molecule has 0 bridgehead atoms. The van der Waals surface area contributed by atoms with Crippen molar-refractivity contribution in [2.24, 2.45) is 0 Å². The molecule has 0 saturated heterocycles. The topological polar surface area (TPSA) is 73.2 Å². The number of carbonyl (C=O) groups excluding carboxylic acids is 1. The number of fused-ring (bicyclic) bond motifs is 1. The van der Waals surface area contributed by atoms with Crippen molar-refractivity contribution in [3.63, 3.8) is 0 Å². The van der Waals surface area contributed by atoms with Crippen LogP contribution in [0.2, 0.25) is 0 Å². The highest BCUT2D eigenvalue weighted by Gasteiger charge is 2.31. The Kier molecular flexibility index (Phi) is 6.94. The summed E-state index contributed by atoms with van der Waals surface area (Å²) < 4.78 is 42.7. The van der Waals surface area contributed by atoms with Crippen LogP contribution in [0.4, 0.5) is 18.9 Å². The molecule has 1 aliphatic heterocycles. The van der Waals surface area contributed by atoms with Crippen molar-refractivity contribution in [3.8, 4) is 11.4 Å². The maximum absolute atomic E-state index is 13.2. The van der Waals surface area contributed by atoms with Crippen LogP contribution in [0.5, 0.6) is 5.75 Å². The number of carbonyl (C=O) groups is 1. The zero-order chi connectivity index (χ0) is 24.5. The van der Waals surface area contributed by atoms with Gasteiger partial charge in [0.05, 0.1) is 22.0 Å². The van der Waals surface area contributed by atoms with Gasteiger partial charge in [-0.05, 0) is 55.3 Å². The van der Waals surface area contributed by atoms with Gasteiger partial charge in [0.15, 0.2) is 5.16 Å². The zero-order valence-electron chi connectivity index (χ0n) is 18.2. The lowest BCUT2D eigenvalue weighted by Gasteiger charge is -2.15. The molecule has 1 aliphatic rings. The number of hydrogen-bond donors (Lipinski definition) is 1. The van der Waals surface area contributed by atoms with Gasteiger partial charge in [-0.15, -0.1) is 24.9 Å². The second kappa shape index (κ2) is 9.75. The molecule has 178 valence electrons. The summed E-state index contributed by atoms with van der Waals surface area (Å²) in [6, 6.07) is 10.7. The first kappa shape index (κ1) is 24.2. The van der Waals surface area contributed by atoms with Gasteiger partial charge in [-0.3, -0.25) is 14.2 Å². The molecule has 0 fully saturated rings. The summed E-state index contributed by atoms with van der Waals surface area (Å²) in [5.41, 5.74) is 3.34. The van der Waals surface area contributed by atoms with E-state index < -0.39 is 12.1 Å². The van der Waals surface area contributed by atoms with Crippen molar-refractivity contribution in [1.29, 1.82) is 0 Å². The van der Waals surface area contributed by atoms with Crippen LogP contribution in [0.3, 0.4) is 0 Å². The van der Waals surface area contributed by atoms with Crippen LogP contribution in [-0.2, 0) is 11.2 Å². The lowest BCUT2D eigenvalue weighted by molar-refractivity contribution is -0.274. The fourth-order valence-electron chi connectivity index (χ4n) is 3.40. The molecule has 0 spiro atoms. The van der Waals surface area contributed by atoms with Crippen molar-refractivity contribution in [1.82, 2.24) is 9.55 Å². The number of halogens is 3. The first-order chi connectivity index (χ1) is 16.1. The molecule has 4 rings (SSSR count). The van der Waals surface area contributed by atoms with Gasteiger partial charge in [0, 0.05) is 17.9 Å². The minimum atomic E-state index is -4.81. The normalized spacial score (nSPS) is 13.0. The quantitative estimate of drug-likeness (QED) is 0.369. The van der Waals surface area contributed by atoms with E-state index in [1.165, 1.54) is 28.5 Å². The fourth-order valence-corrected chi connectivity index (χ4v) is 5.25. The zero-order valence-corrected chi connectivity index (χ0v) is 19.9. The van der Waals surface area contributed by atoms with Crippen LogP contribution in [0.25, 0.3) is 5.69 Å². The summed E-state index contributed by atoms with van der Waals surface area (Å²) in [5.74, 6) is 0.0660. The highest BCUT2D eigenvalue weighted by molar-refractivity contribution is 8.00. The van der Waals surface area contributed by atoms with Crippen molar-refractivity contribution in [3.05, 3.63) is 69.6 Å². The van der Waals surface area contributed by atoms with Gasteiger partial charge in [-0.1, -0.05) is 23.9 Å². The minimum absolute atomic E-state index is 0.00101. The van der Waals surface area contributed by atoms with Crippen molar-refractivity contribution in [2.75, 3.05) is 16.8 Å². The second-order valence-electron chi connectivity index (χ2n) is 7.61. The number of rotatable bonds is 6. The highest BCUT2D eigenvalue weighted by atomic mass is 32.2. The van der Waals surface area contributed by atoms with E-state index in [1.807, 2.05) is 32.0 Å². The monoisotopic (exact) mass is 507 g/mol. The molecule has 1 N–H and O–H groups in total. The largest absolute Gasteiger partial charge is 0.573 e. The molecule has 34 heavy (non-hydrogen) atoms. The fraction of sp³-hybridized carbons (Fsp3) is 0.261. The van der Waals surface area contributed by atoms with E-state index in [0.29, 0.717) is 33.5 Å². The molecule has 0 aliphatic carbocycles. The average molecular weight is 508 g/mol. The van der Waals surface area contributed by atoms with Gasteiger partial charge < -0.3 is 10.1 Å². The maximum Gasteiger partial charge on any atom is 0.573 e. The van der Waals surface area contributed by atoms with Crippen molar-refractivity contribution >= 4 is 35.1 Å². The summed E-state index contributed by atoms with van der Waals surface area (Å²) in [5, 5.41) is 3.17. The number of alkyl halides is 3.